The number of benzene rings is 3. The third-order valence-electron chi connectivity index (χ3n) is 7.84. The zero-order valence-electron chi connectivity index (χ0n) is 21.8. The monoisotopic (exact) mass is 466 g/mol. The third kappa shape index (κ3) is 7.63. The third-order valence-corrected chi connectivity index (χ3v) is 7.84. The second-order valence-electron chi connectivity index (χ2n) is 10.4. The van der Waals surface area contributed by atoms with Gasteiger partial charge in [0.2, 0.25) is 0 Å². The minimum Gasteiger partial charge on any atom is -0.497 e. The summed E-state index contributed by atoms with van der Waals surface area (Å²) >= 11 is 0. The Labute approximate surface area is 213 Å². The van der Waals surface area contributed by atoms with Gasteiger partial charge in [0.25, 0.3) is 0 Å². The molecule has 1 fully saturated rings. The van der Waals surface area contributed by atoms with Crippen LogP contribution in [-0.2, 0) is 0 Å². The smallest absolute Gasteiger partial charge is 0.119 e. The van der Waals surface area contributed by atoms with E-state index in [1.54, 1.807) is 7.11 Å². The molecule has 0 amide bonds. The van der Waals surface area contributed by atoms with Crippen molar-refractivity contribution < 1.29 is 4.74 Å². The van der Waals surface area contributed by atoms with Crippen LogP contribution in [0.2, 0.25) is 0 Å². The van der Waals surface area contributed by atoms with Crippen molar-refractivity contribution in [2.45, 2.75) is 89.9 Å². The van der Waals surface area contributed by atoms with Crippen LogP contribution in [0.5, 0.6) is 5.75 Å². The molecular weight excluding hydrogens is 424 g/mol. The number of hydrogen-bond donors (Lipinski definition) is 0. The molecule has 0 aliphatic heterocycles. The van der Waals surface area contributed by atoms with Crippen LogP contribution < -0.4 is 4.74 Å². The van der Waals surface area contributed by atoms with E-state index >= 15 is 0 Å². The zero-order chi connectivity index (χ0) is 24.3. The Morgan fingerprint density at radius 2 is 1.31 bits per heavy atom. The van der Waals surface area contributed by atoms with Crippen LogP contribution >= 0.6 is 0 Å². The van der Waals surface area contributed by atoms with Gasteiger partial charge in [-0.3, -0.25) is 0 Å². The van der Waals surface area contributed by atoms with Crippen LogP contribution in [-0.4, -0.2) is 7.11 Å². The quantitative estimate of drug-likeness (QED) is 0.213. The average Bonchev–Trinajstić information content (AvgIpc) is 2.91. The van der Waals surface area contributed by atoms with Gasteiger partial charge in [-0.1, -0.05) is 94.4 Å². The van der Waals surface area contributed by atoms with Crippen molar-refractivity contribution in [3.8, 4) is 17.6 Å². The van der Waals surface area contributed by atoms with Crippen molar-refractivity contribution in [1.29, 1.82) is 0 Å². The van der Waals surface area contributed by atoms with Gasteiger partial charge in [0.1, 0.15) is 5.75 Å². The maximum Gasteiger partial charge on any atom is 0.119 e. The number of hydrogen-bond acceptors (Lipinski definition) is 1. The molecule has 1 saturated carbocycles. The first-order chi connectivity index (χ1) is 17.2. The number of fused-ring (bicyclic) bond motifs is 1. The van der Waals surface area contributed by atoms with Gasteiger partial charge >= 0.3 is 0 Å². The molecule has 0 radical (unpaired) electrons. The first-order valence-electron chi connectivity index (χ1n) is 13.9. The van der Waals surface area contributed by atoms with Gasteiger partial charge in [-0.2, -0.15) is 0 Å². The van der Waals surface area contributed by atoms with E-state index in [-0.39, 0.29) is 0 Å². The van der Waals surface area contributed by atoms with E-state index in [1.165, 1.54) is 93.4 Å². The fourth-order valence-corrected chi connectivity index (χ4v) is 5.59. The summed E-state index contributed by atoms with van der Waals surface area (Å²) in [6, 6.07) is 21.6. The van der Waals surface area contributed by atoms with Crippen LogP contribution in [0.4, 0.5) is 0 Å². The summed E-state index contributed by atoms with van der Waals surface area (Å²) in [5.41, 5.74) is 3.65. The van der Waals surface area contributed by atoms with Crippen molar-refractivity contribution in [2.24, 2.45) is 5.92 Å². The van der Waals surface area contributed by atoms with Crippen LogP contribution in [0, 0.1) is 17.8 Å². The van der Waals surface area contributed by atoms with E-state index in [1.807, 2.05) is 6.07 Å². The van der Waals surface area contributed by atoms with E-state index < -0.39 is 0 Å². The molecule has 0 aromatic heterocycles. The fraction of sp³-hybridized carbons (Fsp3) is 0.471. The lowest BCUT2D eigenvalue weighted by Crippen LogP contribution is -2.13. The van der Waals surface area contributed by atoms with E-state index in [0.717, 1.165) is 28.7 Å². The predicted molar refractivity (Wildman–Crippen MR) is 150 cm³/mol. The summed E-state index contributed by atoms with van der Waals surface area (Å²) in [6.07, 6.45) is 17.0. The minimum absolute atomic E-state index is 0.736. The van der Waals surface area contributed by atoms with Crippen LogP contribution in [0.1, 0.15) is 107 Å². The molecule has 1 heteroatoms. The molecule has 1 aliphatic carbocycles. The van der Waals surface area contributed by atoms with E-state index in [4.69, 9.17) is 4.74 Å². The largest absolute Gasteiger partial charge is 0.497 e. The Hall–Kier alpha value is -2.72. The molecule has 1 nitrogen and oxygen atoms in total. The lowest BCUT2D eigenvalue weighted by molar-refractivity contribution is 0.302. The van der Waals surface area contributed by atoms with Gasteiger partial charge in [0, 0.05) is 11.1 Å². The first kappa shape index (κ1) is 25.4. The molecule has 0 unspecified atom stereocenters. The summed E-state index contributed by atoms with van der Waals surface area (Å²) in [7, 11) is 1.70. The van der Waals surface area contributed by atoms with Gasteiger partial charge < -0.3 is 4.74 Å². The number of methoxy groups -OCH3 is 1. The maximum absolute atomic E-state index is 5.32. The summed E-state index contributed by atoms with van der Waals surface area (Å²) in [6.45, 7) is 2.30. The highest BCUT2D eigenvalue weighted by Crippen LogP contribution is 2.37. The molecule has 184 valence electrons. The van der Waals surface area contributed by atoms with Crippen molar-refractivity contribution in [3.05, 3.63) is 77.4 Å². The Balaban J connectivity index is 1.23. The van der Waals surface area contributed by atoms with E-state index in [0.29, 0.717) is 0 Å². The molecule has 0 atom stereocenters. The molecule has 3 aromatic rings. The molecule has 3 aromatic carbocycles. The second-order valence-corrected chi connectivity index (χ2v) is 10.4. The van der Waals surface area contributed by atoms with Gasteiger partial charge in [-0.25, -0.2) is 0 Å². The molecule has 35 heavy (non-hydrogen) atoms. The Kier molecular flexibility index (Phi) is 9.71. The summed E-state index contributed by atoms with van der Waals surface area (Å²) < 4.78 is 5.32. The van der Waals surface area contributed by atoms with Crippen LogP contribution in [0.15, 0.2) is 60.7 Å². The highest BCUT2D eigenvalue weighted by molar-refractivity contribution is 5.85. The Morgan fingerprint density at radius 1 is 0.686 bits per heavy atom. The molecular formula is C34H42O. The second kappa shape index (κ2) is 13.4. The fourth-order valence-electron chi connectivity index (χ4n) is 5.59. The molecule has 0 saturated heterocycles. The van der Waals surface area contributed by atoms with Crippen molar-refractivity contribution >= 4 is 10.8 Å². The topological polar surface area (TPSA) is 9.23 Å². The van der Waals surface area contributed by atoms with Gasteiger partial charge in [0.15, 0.2) is 0 Å². The first-order valence-corrected chi connectivity index (χ1v) is 13.9. The average molecular weight is 467 g/mol. The van der Waals surface area contributed by atoms with Crippen LogP contribution in [0.3, 0.4) is 0 Å². The number of unbranched alkanes of at least 4 members (excludes halogenated alkanes) is 6. The molecule has 0 heterocycles. The van der Waals surface area contributed by atoms with Crippen molar-refractivity contribution in [1.82, 2.24) is 0 Å². The number of ether oxygens (including phenoxy) is 1. The lowest BCUT2D eigenvalue weighted by atomic mass is 9.77. The zero-order valence-corrected chi connectivity index (χ0v) is 21.8. The van der Waals surface area contributed by atoms with Crippen LogP contribution in [0.25, 0.3) is 10.8 Å². The molecule has 0 bridgehead atoms. The maximum atomic E-state index is 5.32. The number of rotatable bonds is 10. The van der Waals surface area contributed by atoms with Gasteiger partial charge in [-0.05, 0) is 90.3 Å². The molecule has 1 aliphatic rings. The molecule has 0 N–H and O–H groups in total. The Morgan fingerprint density at radius 3 is 2.06 bits per heavy atom. The molecule has 0 spiro atoms. The van der Waals surface area contributed by atoms with E-state index in [9.17, 15) is 0 Å². The Bertz CT molecular complexity index is 1110. The highest BCUT2D eigenvalue weighted by Gasteiger charge is 2.21. The van der Waals surface area contributed by atoms with Crippen molar-refractivity contribution in [2.75, 3.05) is 7.11 Å². The SMILES string of the molecule is CCCCCCCCC[C@H]1CC[C@H](c2ccc(C#Cc3ccc4cc(OC)ccc4c3)cc2)CC1. The lowest BCUT2D eigenvalue weighted by Gasteiger charge is -2.29. The van der Waals surface area contributed by atoms with Gasteiger partial charge in [-0.15, -0.1) is 0 Å². The van der Waals surface area contributed by atoms with Crippen molar-refractivity contribution in [3.63, 3.8) is 0 Å². The summed E-state index contributed by atoms with van der Waals surface area (Å²) in [4.78, 5) is 0. The minimum atomic E-state index is 0.736. The van der Waals surface area contributed by atoms with Gasteiger partial charge in [0.05, 0.1) is 7.11 Å². The standard InChI is InChI=1S/C34H42O/c1-3-4-5-6-7-8-9-10-27-13-18-30(19-14-27)31-20-15-28(16-21-31)11-12-29-17-22-33-26-34(35-2)24-23-32(33)25-29/h15-17,20-27,30H,3-10,13-14,18-19H2,1-2H3/t27-,30-. The predicted octanol–water partition coefficient (Wildman–Crippen LogP) is 9.66. The normalized spacial score (nSPS) is 17.7. The summed E-state index contributed by atoms with van der Waals surface area (Å²) in [5.74, 6) is 9.29. The van der Waals surface area contributed by atoms with E-state index in [2.05, 4.69) is 73.4 Å². The highest BCUT2D eigenvalue weighted by atomic mass is 16.5. The molecule has 4 rings (SSSR count). The summed E-state index contributed by atoms with van der Waals surface area (Å²) in [5, 5.41) is 2.37.